The first-order chi connectivity index (χ1) is 28.8. The molecular formula is C46H40N8O3S2. The molecule has 6 heterocycles. The Labute approximate surface area is 348 Å². The van der Waals surface area contributed by atoms with E-state index in [1.54, 1.807) is 35.3 Å². The number of aliphatic imine (C=N–C) groups is 2. The van der Waals surface area contributed by atoms with E-state index in [0.717, 1.165) is 104 Å². The van der Waals surface area contributed by atoms with Gasteiger partial charge in [0, 0.05) is 45.9 Å². The molecule has 0 saturated heterocycles. The molecule has 0 spiro atoms. The summed E-state index contributed by atoms with van der Waals surface area (Å²) in [4.78, 5) is 55.4. The van der Waals surface area contributed by atoms with Crippen LogP contribution >= 0.6 is 22.7 Å². The number of nitrogens with one attached hydrogen (secondary N) is 2. The van der Waals surface area contributed by atoms with Gasteiger partial charge in [-0.1, -0.05) is 36.4 Å². The number of ketones is 1. The third-order valence-electron chi connectivity index (χ3n) is 11.9. The minimum absolute atomic E-state index is 0.0746. The van der Waals surface area contributed by atoms with Gasteiger partial charge in [0.05, 0.1) is 29.8 Å². The molecule has 11 rings (SSSR count). The number of thiophene rings is 2. The van der Waals surface area contributed by atoms with Crippen LogP contribution in [0.1, 0.15) is 67.1 Å². The molecule has 4 aliphatic rings. The molecule has 0 bridgehead atoms. The molecule has 2 unspecified atom stereocenters. The van der Waals surface area contributed by atoms with Crippen molar-refractivity contribution < 1.29 is 14.7 Å². The number of aromatic nitrogens is 4. The minimum atomic E-state index is -0.711. The van der Waals surface area contributed by atoms with Crippen molar-refractivity contribution in [2.45, 2.75) is 65.0 Å². The zero-order chi connectivity index (χ0) is 40.0. The summed E-state index contributed by atoms with van der Waals surface area (Å²) in [6, 6.07) is 20.7. The van der Waals surface area contributed by atoms with Gasteiger partial charge in [0.15, 0.2) is 0 Å². The van der Waals surface area contributed by atoms with Gasteiger partial charge in [-0.15, -0.1) is 22.7 Å². The molecule has 0 saturated carbocycles. The lowest BCUT2D eigenvalue weighted by Gasteiger charge is -2.22. The van der Waals surface area contributed by atoms with Crippen LogP contribution in [0.3, 0.4) is 0 Å². The number of carbonyl (C=O) groups excluding carboxylic acids is 1. The average Bonchev–Trinajstić information content (AvgIpc) is 4.06. The number of aliphatic carboxylic acids is 1. The Balaban J connectivity index is 0.000000147. The molecule has 0 amide bonds. The highest BCUT2D eigenvalue weighted by Crippen LogP contribution is 2.42. The lowest BCUT2D eigenvalue weighted by atomic mass is 9.83. The summed E-state index contributed by atoms with van der Waals surface area (Å²) < 4.78 is 0. The van der Waals surface area contributed by atoms with E-state index in [2.05, 4.69) is 89.9 Å². The van der Waals surface area contributed by atoms with E-state index in [1.807, 2.05) is 30.6 Å². The maximum atomic E-state index is 13.1. The van der Waals surface area contributed by atoms with Gasteiger partial charge in [0.2, 0.25) is 0 Å². The first kappa shape index (κ1) is 37.1. The molecular weight excluding hydrogens is 777 g/mol. The summed E-state index contributed by atoms with van der Waals surface area (Å²) in [5, 5.41) is 18.4. The molecule has 59 heavy (non-hydrogen) atoms. The number of Topliss-reactive ketones (excluding diaryl/α,β-unsaturated/α-hetero) is 1. The standard InChI is InChI=1S/C27H24N4OS.C19H16N4O2S/c1-16-4-2-3-5-17(16)11-23(32)18-7-9-22-24(12-18)33-27-25(22)26(29-15-30-27)31-21-8-6-19-13-28-14-20(19)10-21;24-19(25)10-2-4-14-15(6-10)26-18-16(14)17(21-9-22-18)23-13-3-1-11-7-20-8-12(11)5-13/h2-6,8,10,14-15,18H,7,9,11-13H2,1H3,(H,29,30,31);1,3,5,8-10H,2,4,6-7H2,(H,24,25)(H,21,22,23). The number of rotatable bonds is 8. The minimum Gasteiger partial charge on any atom is -0.481 e. The van der Waals surface area contributed by atoms with Crippen LogP contribution in [0.15, 0.2) is 83.3 Å². The second-order valence-corrected chi connectivity index (χ2v) is 17.8. The fraction of sp³-hybridized carbons (Fsp3) is 0.261. The van der Waals surface area contributed by atoms with Crippen LogP contribution < -0.4 is 10.6 Å². The van der Waals surface area contributed by atoms with Gasteiger partial charge in [0.1, 0.15) is 39.7 Å². The third kappa shape index (κ3) is 7.29. The summed E-state index contributed by atoms with van der Waals surface area (Å²) in [5.41, 5.74) is 11.6. The molecule has 4 aromatic heterocycles. The zero-order valence-electron chi connectivity index (χ0n) is 32.4. The Kier molecular flexibility index (Phi) is 9.77. The predicted molar refractivity (Wildman–Crippen MR) is 235 cm³/mol. The maximum absolute atomic E-state index is 13.1. The Morgan fingerprint density at radius 1 is 0.712 bits per heavy atom. The summed E-state index contributed by atoms with van der Waals surface area (Å²) in [6.45, 7) is 3.58. The number of hydrogen-bond donors (Lipinski definition) is 3. The molecule has 7 aromatic rings. The van der Waals surface area contributed by atoms with E-state index >= 15 is 0 Å². The first-order valence-corrected chi connectivity index (χ1v) is 21.6. The fourth-order valence-corrected chi connectivity index (χ4v) is 11.2. The van der Waals surface area contributed by atoms with Gasteiger partial charge >= 0.3 is 5.97 Å². The highest BCUT2D eigenvalue weighted by molar-refractivity contribution is 7.19. The van der Waals surface area contributed by atoms with E-state index in [0.29, 0.717) is 25.0 Å². The fourth-order valence-electron chi connectivity index (χ4n) is 8.67. The van der Waals surface area contributed by atoms with Crippen molar-refractivity contribution >= 4 is 90.3 Å². The Morgan fingerprint density at radius 2 is 1.25 bits per heavy atom. The van der Waals surface area contributed by atoms with Gasteiger partial charge < -0.3 is 15.7 Å². The molecule has 3 N–H and O–H groups in total. The monoisotopic (exact) mass is 816 g/mol. The Morgan fingerprint density at radius 3 is 1.81 bits per heavy atom. The number of carboxylic acids is 1. The maximum Gasteiger partial charge on any atom is 0.306 e. The van der Waals surface area contributed by atoms with Gasteiger partial charge in [-0.2, -0.15) is 0 Å². The van der Waals surface area contributed by atoms with Crippen LogP contribution in [0.5, 0.6) is 0 Å². The third-order valence-corrected chi connectivity index (χ3v) is 14.2. The number of carboxylic acid groups (broad SMARTS) is 1. The summed E-state index contributed by atoms with van der Waals surface area (Å²) in [6.07, 6.45) is 12.1. The van der Waals surface area contributed by atoms with Crippen molar-refractivity contribution in [2.75, 3.05) is 10.6 Å². The zero-order valence-corrected chi connectivity index (χ0v) is 34.0. The summed E-state index contributed by atoms with van der Waals surface area (Å²) >= 11 is 3.30. The largest absolute Gasteiger partial charge is 0.481 e. The van der Waals surface area contributed by atoms with Crippen LogP contribution in [0.25, 0.3) is 20.4 Å². The lowest BCUT2D eigenvalue weighted by Crippen LogP contribution is -2.23. The topological polar surface area (TPSA) is 155 Å². The van der Waals surface area contributed by atoms with E-state index < -0.39 is 5.97 Å². The number of nitrogens with zero attached hydrogens (tertiary/aromatic N) is 6. The number of carbonyl (C=O) groups is 2. The number of hydrogen-bond acceptors (Lipinski definition) is 12. The van der Waals surface area contributed by atoms with E-state index in [-0.39, 0.29) is 11.8 Å². The van der Waals surface area contributed by atoms with Crippen molar-refractivity contribution in [1.82, 2.24) is 19.9 Å². The van der Waals surface area contributed by atoms with Crippen molar-refractivity contribution in [1.29, 1.82) is 0 Å². The van der Waals surface area contributed by atoms with Crippen LogP contribution in [0, 0.1) is 18.8 Å². The molecule has 2 aliphatic heterocycles. The molecule has 3 aromatic carbocycles. The van der Waals surface area contributed by atoms with E-state index in [9.17, 15) is 14.7 Å². The smallest absolute Gasteiger partial charge is 0.306 e. The molecule has 294 valence electrons. The van der Waals surface area contributed by atoms with Gasteiger partial charge in [-0.3, -0.25) is 19.6 Å². The van der Waals surface area contributed by atoms with Gasteiger partial charge in [0.25, 0.3) is 0 Å². The SMILES string of the molecule is Cc1ccccc1CC(=O)C1CCc2c(sc3ncnc(Nc4ccc5c(c4)C=NC5)c23)C1.O=C(O)C1CCc2c(sc3ncnc(Nc4ccc5c(c4)C=NC5)c23)C1. The highest BCUT2D eigenvalue weighted by Gasteiger charge is 2.30. The van der Waals surface area contributed by atoms with Crippen molar-refractivity contribution in [3.05, 3.63) is 128 Å². The quantitative estimate of drug-likeness (QED) is 0.136. The molecule has 0 radical (unpaired) electrons. The van der Waals surface area contributed by atoms with Crippen LogP contribution in [-0.2, 0) is 54.8 Å². The summed E-state index contributed by atoms with van der Waals surface area (Å²) in [7, 11) is 0. The van der Waals surface area contributed by atoms with Crippen LogP contribution in [0.4, 0.5) is 23.0 Å². The van der Waals surface area contributed by atoms with Crippen molar-refractivity contribution in [2.24, 2.45) is 21.8 Å². The number of anilines is 4. The second kappa shape index (κ2) is 15.5. The van der Waals surface area contributed by atoms with Crippen molar-refractivity contribution in [3.63, 3.8) is 0 Å². The number of benzene rings is 3. The average molecular weight is 817 g/mol. The van der Waals surface area contributed by atoms with Crippen molar-refractivity contribution in [3.8, 4) is 0 Å². The normalized spacial score (nSPS) is 17.2. The molecule has 2 aliphatic carbocycles. The number of aryl methyl sites for hydroxylation is 3. The molecule has 11 nitrogen and oxygen atoms in total. The molecule has 0 fully saturated rings. The highest BCUT2D eigenvalue weighted by atomic mass is 32.1. The predicted octanol–water partition coefficient (Wildman–Crippen LogP) is 9.15. The van der Waals surface area contributed by atoms with E-state index in [1.165, 1.54) is 32.7 Å². The lowest BCUT2D eigenvalue weighted by molar-refractivity contribution is -0.142. The number of fused-ring (bicyclic) bond motifs is 8. The second-order valence-electron chi connectivity index (χ2n) is 15.6. The van der Waals surface area contributed by atoms with Gasteiger partial charge in [-0.05, 0) is 114 Å². The molecule has 2 atom stereocenters. The Hall–Kier alpha value is -6.18. The van der Waals surface area contributed by atoms with Gasteiger partial charge in [-0.25, -0.2) is 19.9 Å². The van der Waals surface area contributed by atoms with Crippen LogP contribution in [-0.4, -0.2) is 49.2 Å². The van der Waals surface area contributed by atoms with Crippen LogP contribution in [0.2, 0.25) is 0 Å². The molecule has 13 heteroatoms. The van der Waals surface area contributed by atoms with E-state index in [4.69, 9.17) is 0 Å². The summed E-state index contributed by atoms with van der Waals surface area (Å²) in [5.74, 6) is 1.05. The Bertz CT molecular complexity index is 2880. The first-order valence-electron chi connectivity index (χ1n) is 19.9.